The molecule has 0 aromatic heterocycles. The Bertz CT molecular complexity index is 660. The third-order valence-electron chi connectivity index (χ3n) is 4.99. The first-order valence-corrected chi connectivity index (χ1v) is 8.57. The summed E-state index contributed by atoms with van der Waals surface area (Å²) < 4.78 is 0. The number of nitrogens with one attached hydrogen (secondary N) is 2. The summed E-state index contributed by atoms with van der Waals surface area (Å²) >= 11 is 0. The fourth-order valence-corrected chi connectivity index (χ4v) is 3.66. The highest BCUT2D eigenvalue weighted by Gasteiger charge is 2.48. The Morgan fingerprint density at radius 2 is 2.15 bits per heavy atom. The first-order valence-electron chi connectivity index (χ1n) is 8.57. The van der Waals surface area contributed by atoms with Crippen molar-refractivity contribution in [2.24, 2.45) is 16.5 Å². The topological polar surface area (TPSA) is 163 Å². The van der Waals surface area contributed by atoms with E-state index in [9.17, 15) is 19.2 Å². The Hall–Kier alpha value is -2.53. The van der Waals surface area contributed by atoms with Crippen LogP contribution in [0.1, 0.15) is 19.3 Å². The van der Waals surface area contributed by atoms with Crippen LogP contribution in [0.5, 0.6) is 0 Å². The molecule has 26 heavy (non-hydrogen) atoms. The number of aliphatic imine (C=N–C) groups is 1. The maximum atomic E-state index is 12.9. The average molecular weight is 365 g/mol. The molecule has 0 radical (unpaired) electrons. The van der Waals surface area contributed by atoms with Gasteiger partial charge in [-0.15, -0.1) is 0 Å². The number of nitrogens with zero attached hydrogens (tertiary/aromatic N) is 3. The zero-order chi connectivity index (χ0) is 18.9. The van der Waals surface area contributed by atoms with Crippen LogP contribution in [0.25, 0.3) is 0 Å². The molecule has 0 bridgehead atoms. The largest absolute Gasteiger partial charge is 0.368 e. The fraction of sp³-hybridized carbons (Fsp3) is 0.667. The van der Waals surface area contributed by atoms with E-state index in [0.29, 0.717) is 39.1 Å². The van der Waals surface area contributed by atoms with Gasteiger partial charge in [0.25, 0.3) is 5.91 Å². The molecule has 3 aliphatic rings. The van der Waals surface area contributed by atoms with Crippen molar-refractivity contribution in [1.29, 1.82) is 0 Å². The van der Waals surface area contributed by atoms with Gasteiger partial charge in [-0.1, -0.05) is 0 Å². The lowest BCUT2D eigenvalue weighted by Gasteiger charge is -2.33. The minimum absolute atomic E-state index is 0.140. The summed E-state index contributed by atoms with van der Waals surface area (Å²) in [5.74, 6) is -1.41. The van der Waals surface area contributed by atoms with Gasteiger partial charge >= 0.3 is 6.03 Å². The number of carbonyl (C=O) groups excluding carboxylic acids is 4. The average Bonchev–Trinajstić information content (AvgIpc) is 3.34. The molecule has 11 nitrogen and oxygen atoms in total. The maximum absolute atomic E-state index is 12.9. The van der Waals surface area contributed by atoms with Crippen LogP contribution in [0.4, 0.5) is 4.79 Å². The quantitative estimate of drug-likeness (QED) is 0.408. The maximum Gasteiger partial charge on any atom is 0.341 e. The second-order valence-electron chi connectivity index (χ2n) is 6.79. The first kappa shape index (κ1) is 18.3. The van der Waals surface area contributed by atoms with Crippen LogP contribution in [0.15, 0.2) is 4.99 Å². The van der Waals surface area contributed by atoms with Crippen molar-refractivity contribution in [3.8, 4) is 0 Å². The molecule has 3 aliphatic heterocycles. The number of hydrogen-bond donors (Lipinski definition) is 4. The first-order chi connectivity index (χ1) is 12.3. The lowest BCUT2D eigenvalue weighted by Crippen LogP contribution is -2.61. The van der Waals surface area contributed by atoms with Gasteiger partial charge in [0, 0.05) is 32.3 Å². The number of hydrogen-bond acceptors (Lipinski definition) is 6. The highest BCUT2D eigenvalue weighted by atomic mass is 16.2. The number of nitrogens with two attached hydrogens (primary N) is 2. The lowest BCUT2D eigenvalue weighted by atomic mass is 9.90. The van der Waals surface area contributed by atoms with Crippen molar-refractivity contribution in [2.45, 2.75) is 36.9 Å². The van der Waals surface area contributed by atoms with Gasteiger partial charge in [0.15, 0.2) is 5.54 Å². The predicted molar refractivity (Wildman–Crippen MR) is 90.9 cm³/mol. The number of rotatable bonds is 5. The summed E-state index contributed by atoms with van der Waals surface area (Å²) in [6, 6.07) is -2.42. The molecule has 142 valence electrons. The van der Waals surface area contributed by atoms with Crippen molar-refractivity contribution >= 4 is 30.0 Å². The summed E-state index contributed by atoms with van der Waals surface area (Å²) in [4.78, 5) is 55.3. The van der Waals surface area contributed by atoms with Gasteiger partial charge in [-0.3, -0.25) is 19.7 Å². The predicted octanol–water partition coefficient (Wildman–Crippen LogP) is -2.90. The summed E-state index contributed by atoms with van der Waals surface area (Å²) in [6.45, 7) is 1.87. The SMILES string of the molecule is NC(=O)[C@@H]1CCCN1C(=O)[C@@H](N)C[C@@]1(C(=O)N2CCNC2)C=NC(=O)N1. The molecule has 0 aromatic carbocycles. The molecule has 3 atom stereocenters. The molecule has 6 N–H and O–H groups in total. The third kappa shape index (κ3) is 3.27. The summed E-state index contributed by atoms with van der Waals surface area (Å²) in [6.07, 6.45) is 2.24. The third-order valence-corrected chi connectivity index (χ3v) is 4.99. The molecule has 0 aliphatic carbocycles. The van der Waals surface area contributed by atoms with Crippen LogP contribution >= 0.6 is 0 Å². The Morgan fingerprint density at radius 3 is 2.73 bits per heavy atom. The van der Waals surface area contributed by atoms with Gasteiger partial charge < -0.3 is 26.6 Å². The standard InChI is InChI=1S/C15H23N7O4/c16-9(12(24)22-4-1-2-10(22)11(17)23)6-15(7-19-14(26)20-15)13(25)21-5-3-18-8-21/h7,9-10,18H,1-6,8,16H2,(H2,17,23)(H,20,26)/t9-,10-,15-/m0/s1. The Labute approximate surface area is 150 Å². The molecule has 2 saturated heterocycles. The van der Waals surface area contributed by atoms with Gasteiger partial charge in [-0.2, -0.15) is 0 Å². The molecule has 5 amide bonds. The van der Waals surface area contributed by atoms with Crippen molar-refractivity contribution < 1.29 is 19.2 Å². The molecular weight excluding hydrogens is 342 g/mol. The molecule has 2 fully saturated rings. The van der Waals surface area contributed by atoms with Crippen LogP contribution in [-0.2, 0) is 14.4 Å². The van der Waals surface area contributed by atoms with E-state index in [1.807, 2.05) is 0 Å². The van der Waals surface area contributed by atoms with Crippen LogP contribution in [0.2, 0.25) is 0 Å². The normalized spacial score (nSPS) is 29.1. The van der Waals surface area contributed by atoms with Crippen LogP contribution in [0, 0.1) is 0 Å². The minimum Gasteiger partial charge on any atom is -0.368 e. The van der Waals surface area contributed by atoms with Gasteiger partial charge in [-0.05, 0) is 12.8 Å². The highest BCUT2D eigenvalue weighted by molar-refractivity contribution is 6.12. The Balaban J connectivity index is 1.75. The molecule has 3 heterocycles. The van der Waals surface area contributed by atoms with Crippen molar-refractivity contribution in [1.82, 2.24) is 20.4 Å². The van der Waals surface area contributed by atoms with Crippen LogP contribution < -0.4 is 22.1 Å². The van der Waals surface area contributed by atoms with E-state index in [1.54, 1.807) is 0 Å². The van der Waals surface area contributed by atoms with Crippen LogP contribution in [-0.4, -0.2) is 83.7 Å². The van der Waals surface area contributed by atoms with E-state index >= 15 is 0 Å². The number of likely N-dealkylation sites (tertiary alicyclic amines) is 1. The molecule has 3 rings (SSSR count). The fourth-order valence-electron chi connectivity index (χ4n) is 3.66. The van der Waals surface area contributed by atoms with E-state index in [1.165, 1.54) is 16.0 Å². The Kier molecular flexibility index (Phi) is 4.92. The smallest absolute Gasteiger partial charge is 0.341 e. The molecular formula is C15H23N7O4. The number of amides is 5. The van der Waals surface area contributed by atoms with Gasteiger partial charge in [0.1, 0.15) is 6.04 Å². The lowest BCUT2D eigenvalue weighted by molar-refractivity contribution is -0.139. The van der Waals surface area contributed by atoms with Crippen LogP contribution in [0.3, 0.4) is 0 Å². The molecule has 0 saturated carbocycles. The van der Waals surface area contributed by atoms with Crippen molar-refractivity contribution in [3.05, 3.63) is 0 Å². The van der Waals surface area contributed by atoms with E-state index in [-0.39, 0.29) is 12.3 Å². The molecule has 0 spiro atoms. The summed E-state index contributed by atoms with van der Waals surface area (Å²) in [5.41, 5.74) is 9.95. The van der Waals surface area contributed by atoms with E-state index < -0.39 is 35.5 Å². The van der Waals surface area contributed by atoms with Gasteiger partial charge in [0.05, 0.1) is 12.7 Å². The van der Waals surface area contributed by atoms with Crippen molar-refractivity contribution in [3.63, 3.8) is 0 Å². The zero-order valence-corrected chi connectivity index (χ0v) is 14.3. The van der Waals surface area contributed by atoms with E-state index in [4.69, 9.17) is 11.5 Å². The Morgan fingerprint density at radius 1 is 1.38 bits per heavy atom. The van der Waals surface area contributed by atoms with Crippen molar-refractivity contribution in [2.75, 3.05) is 26.3 Å². The van der Waals surface area contributed by atoms with Gasteiger partial charge in [0.2, 0.25) is 11.8 Å². The molecule has 0 aromatic rings. The minimum atomic E-state index is -1.46. The number of carbonyl (C=O) groups is 4. The summed E-state index contributed by atoms with van der Waals surface area (Å²) in [7, 11) is 0. The van der Waals surface area contributed by atoms with Gasteiger partial charge in [-0.25, -0.2) is 9.79 Å². The number of urea groups is 1. The molecule has 0 unspecified atom stereocenters. The monoisotopic (exact) mass is 365 g/mol. The van der Waals surface area contributed by atoms with E-state index in [0.717, 1.165) is 0 Å². The molecule has 11 heteroatoms. The van der Waals surface area contributed by atoms with E-state index in [2.05, 4.69) is 15.6 Å². The zero-order valence-electron chi connectivity index (χ0n) is 14.3. The highest BCUT2D eigenvalue weighted by Crippen LogP contribution is 2.23. The summed E-state index contributed by atoms with van der Waals surface area (Å²) in [5, 5.41) is 5.57. The second kappa shape index (κ2) is 7.00. The number of primary amides is 1. The second-order valence-corrected chi connectivity index (χ2v) is 6.79.